The number of carbonyl (C=O) groups excluding carboxylic acids is 1. The van der Waals surface area contributed by atoms with Crippen LogP contribution in [0.3, 0.4) is 0 Å². The van der Waals surface area contributed by atoms with E-state index >= 15 is 0 Å². The van der Waals surface area contributed by atoms with E-state index in [1.54, 1.807) is 25.1 Å². The van der Waals surface area contributed by atoms with Crippen LogP contribution in [0, 0.1) is 0 Å². The lowest BCUT2D eigenvalue weighted by Crippen LogP contribution is -2.14. The number of hydrogen-bond acceptors (Lipinski definition) is 3. The third kappa shape index (κ3) is 3.98. The lowest BCUT2D eigenvalue weighted by molar-refractivity contribution is -0.145. The van der Waals surface area contributed by atoms with Crippen LogP contribution in [0.15, 0.2) is 18.2 Å². The number of halogens is 2. The number of hydrogen-bond donors (Lipinski definition) is 0. The number of ether oxygens (including phenoxy) is 2. The van der Waals surface area contributed by atoms with Gasteiger partial charge in [-0.1, -0.05) is 23.2 Å². The van der Waals surface area contributed by atoms with Gasteiger partial charge in [-0.2, -0.15) is 0 Å². The van der Waals surface area contributed by atoms with Crippen LogP contribution in [-0.4, -0.2) is 19.2 Å². The normalized spacial score (nSPS) is 9.80. The molecule has 0 aliphatic heterocycles. The Morgan fingerprint density at radius 2 is 2.13 bits per heavy atom. The molecule has 0 bridgehead atoms. The van der Waals surface area contributed by atoms with Crippen LogP contribution in [0.1, 0.15) is 6.92 Å². The fourth-order valence-electron chi connectivity index (χ4n) is 0.927. The first-order valence-electron chi connectivity index (χ1n) is 4.37. The zero-order valence-electron chi connectivity index (χ0n) is 8.13. The lowest BCUT2D eigenvalue weighted by atomic mass is 10.3. The van der Waals surface area contributed by atoms with Gasteiger partial charge in [-0.15, -0.1) is 0 Å². The predicted octanol–water partition coefficient (Wildman–Crippen LogP) is 2.94. The van der Waals surface area contributed by atoms with Crippen LogP contribution in [-0.2, 0) is 9.53 Å². The molecule has 0 aromatic heterocycles. The fraction of sp³-hybridized carbons (Fsp3) is 0.300. The largest absolute Gasteiger partial charge is 0.480 e. The molecule has 0 aliphatic rings. The Labute approximate surface area is 97.9 Å². The van der Waals surface area contributed by atoms with Gasteiger partial charge in [0.25, 0.3) is 0 Å². The predicted molar refractivity (Wildman–Crippen MR) is 58.6 cm³/mol. The second kappa shape index (κ2) is 5.83. The molecule has 1 rings (SSSR count). The summed E-state index contributed by atoms with van der Waals surface area (Å²) < 4.78 is 9.83. The first-order valence-corrected chi connectivity index (χ1v) is 5.12. The number of rotatable bonds is 4. The van der Waals surface area contributed by atoms with E-state index in [4.69, 9.17) is 32.7 Å². The van der Waals surface area contributed by atoms with Crippen LogP contribution in [0.2, 0.25) is 10.0 Å². The van der Waals surface area contributed by atoms with Gasteiger partial charge in [0, 0.05) is 11.1 Å². The molecule has 0 saturated carbocycles. The Morgan fingerprint density at radius 1 is 1.40 bits per heavy atom. The summed E-state index contributed by atoms with van der Waals surface area (Å²) in [6.45, 7) is 1.88. The highest BCUT2D eigenvalue weighted by atomic mass is 35.5. The topological polar surface area (TPSA) is 35.5 Å². The summed E-state index contributed by atoms with van der Waals surface area (Å²) in [5.74, 6) is -0.0641. The van der Waals surface area contributed by atoms with E-state index in [2.05, 4.69) is 0 Å². The molecule has 5 heteroatoms. The molecule has 0 unspecified atom stereocenters. The lowest BCUT2D eigenvalue weighted by Gasteiger charge is -2.07. The third-order valence-corrected chi connectivity index (χ3v) is 2.09. The van der Waals surface area contributed by atoms with Crippen LogP contribution in [0.4, 0.5) is 0 Å². The standard InChI is InChI=1S/C10H10Cl2O3/c1-2-14-10(13)6-15-9-5-7(11)3-4-8(9)12/h3-5H,2,6H2,1H3. The van der Waals surface area contributed by atoms with Gasteiger partial charge in [-0.25, -0.2) is 4.79 Å². The summed E-state index contributed by atoms with van der Waals surface area (Å²) in [4.78, 5) is 11.0. The summed E-state index contributed by atoms with van der Waals surface area (Å²) in [6.07, 6.45) is 0. The molecule has 0 heterocycles. The van der Waals surface area contributed by atoms with Crippen molar-refractivity contribution in [1.29, 1.82) is 0 Å². The van der Waals surface area contributed by atoms with Gasteiger partial charge < -0.3 is 9.47 Å². The molecule has 82 valence electrons. The summed E-state index contributed by atoms with van der Waals surface area (Å²) in [5, 5.41) is 0.905. The van der Waals surface area contributed by atoms with Gasteiger partial charge in [-0.05, 0) is 19.1 Å². The van der Waals surface area contributed by atoms with Crippen molar-refractivity contribution < 1.29 is 14.3 Å². The van der Waals surface area contributed by atoms with Crippen molar-refractivity contribution in [2.75, 3.05) is 13.2 Å². The molecular formula is C10H10Cl2O3. The van der Waals surface area contributed by atoms with Crippen molar-refractivity contribution in [2.24, 2.45) is 0 Å². The summed E-state index contributed by atoms with van der Waals surface area (Å²) >= 11 is 11.6. The Hall–Kier alpha value is -0.930. The van der Waals surface area contributed by atoms with E-state index in [-0.39, 0.29) is 6.61 Å². The van der Waals surface area contributed by atoms with Crippen molar-refractivity contribution >= 4 is 29.2 Å². The Balaban J connectivity index is 2.57. The van der Waals surface area contributed by atoms with E-state index in [0.29, 0.717) is 22.4 Å². The highest BCUT2D eigenvalue weighted by molar-refractivity contribution is 6.34. The molecule has 0 saturated heterocycles. The number of benzene rings is 1. The minimum Gasteiger partial charge on any atom is -0.480 e. The van der Waals surface area contributed by atoms with Crippen LogP contribution in [0.25, 0.3) is 0 Å². The molecule has 0 radical (unpaired) electrons. The molecule has 0 aliphatic carbocycles. The first kappa shape index (κ1) is 12.1. The highest BCUT2D eigenvalue weighted by Crippen LogP contribution is 2.27. The molecule has 1 aromatic carbocycles. The first-order chi connectivity index (χ1) is 7.13. The molecule has 0 fully saturated rings. The summed E-state index contributed by atoms with van der Waals surface area (Å²) in [5.41, 5.74) is 0. The molecule has 15 heavy (non-hydrogen) atoms. The maximum atomic E-state index is 11.0. The molecular weight excluding hydrogens is 239 g/mol. The van der Waals surface area contributed by atoms with Gasteiger partial charge >= 0.3 is 5.97 Å². The fourth-order valence-corrected chi connectivity index (χ4v) is 1.26. The Kier molecular flexibility index (Phi) is 4.72. The number of esters is 1. The number of carbonyl (C=O) groups is 1. The van der Waals surface area contributed by atoms with Crippen molar-refractivity contribution in [3.8, 4) is 5.75 Å². The molecule has 3 nitrogen and oxygen atoms in total. The van der Waals surface area contributed by atoms with Crippen molar-refractivity contribution in [3.05, 3.63) is 28.2 Å². The second-order valence-corrected chi connectivity index (χ2v) is 3.51. The van der Waals surface area contributed by atoms with Gasteiger partial charge in [0.2, 0.25) is 0 Å². The average Bonchev–Trinajstić information content (AvgIpc) is 2.20. The highest BCUT2D eigenvalue weighted by Gasteiger charge is 2.06. The monoisotopic (exact) mass is 248 g/mol. The Morgan fingerprint density at radius 3 is 2.80 bits per heavy atom. The summed E-state index contributed by atoms with van der Waals surface area (Å²) in [7, 11) is 0. The van der Waals surface area contributed by atoms with Crippen LogP contribution < -0.4 is 4.74 Å². The molecule has 1 aromatic rings. The van der Waals surface area contributed by atoms with E-state index < -0.39 is 5.97 Å². The maximum Gasteiger partial charge on any atom is 0.344 e. The van der Waals surface area contributed by atoms with Crippen LogP contribution in [0.5, 0.6) is 5.75 Å². The zero-order chi connectivity index (χ0) is 11.3. The van der Waals surface area contributed by atoms with E-state index in [1.165, 1.54) is 0 Å². The third-order valence-electron chi connectivity index (χ3n) is 1.54. The maximum absolute atomic E-state index is 11.0. The minimum absolute atomic E-state index is 0.173. The van der Waals surface area contributed by atoms with E-state index in [1.807, 2.05) is 0 Å². The molecule has 0 spiro atoms. The second-order valence-electron chi connectivity index (χ2n) is 2.67. The summed E-state index contributed by atoms with van der Waals surface area (Å²) in [6, 6.07) is 4.79. The van der Waals surface area contributed by atoms with Crippen molar-refractivity contribution in [2.45, 2.75) is 6.92 Å². The van der Waals surface area contributed by atoms with Gasteiger partial charge in [0.15, 0.2) is 6.61 Å². The van der Waals surface area contributed by atoms with Crippen LogP contribution >= 0.6 is 23.2 Å². The van der Waals surface area contributed by atoms with Gasteiger partial charge in [0.05, 0.1) is 11.6 Å². The Bertz CT molecular complexity index is 353. The molecule has 0 amide bonds. The van der Waals surface area contributed by atoms with E-state index in [0.717, 1.165) is 0 Å². The minimum atomic E-state index is -0.437. The van der Waals surface area contributed by atoms with Crippen molar-refractivity contribution in [1.82, 2.24) is 0 Å². The SMILES string of the molecule is CCOC(=O)COc1cc(Cl)ccc1Cl. The van der Waals surface area contributed by atoms with Gasteiger partial charge in [-0.3, -0.25) is 0 Å². The van der Waals surface area contributed by atoms with Crippen molar-refractivity contribution in [3.63, 3.8) is 0 Å². The zero-order valence-corrected chi connectivity index (χ0v) is 9.64. The average molecular weight is 249 g/mol. The molecule has 0 N–H and O–H groups in total. The molecule has 0 atom stereocenters. The van der Waals surface area contributed by atoms with E-state index in [9.17, 15) is 4.79 Å². The quantitative estimate of drug-likeness (QED) is 0.769. The van der Waals surface area contributed by atoms with Gasteiger partial charge in [0.1, 0.15) is 5.75 Å². The smallest absolute Gasteiger partial charge is 0.344 e.